The first-order valence-electron chi connectivity index (χ1n) is 8.06. The molecule has 25 heavy (non-hydrogen) atoms. The second-order valence-electron chi connectivity index (χ2n) is 6.19. The van der Waals surface area contributed by atoms with Crippen LogP contribution in [0.25, 0.3) is 10.9 Å². The van der Waals surface area contributed by atoms with Gasteiger partial charge in [0.1, 0.15) is 5.75 Å². The fraction of sp³-hybridized carbons (Fsp3) is 0.263. The molecule has 0 radical (unpaired) electrons. The molecule has 3 aromatic rings. The molecular formula is C19H17F3N2O. The Hall–Kier alpha value is -2.47. The third kappa shape index (κ3) is 2.76. The van der Waals surface area contributed by atoms with E-state index in [9.17, 15) is 13.2 Å². The number of alkyl halides is 3. The Kier molecular flexibility index (Phi) is 3.72. The minimum atomic E-state index is -4.34. The van der Waals surface area contributed by atoms with E-state index in [0.717, 1.165) is 47.0 Å². The Labute approximate surface area is 142 Å². The topological polar surface area (TPSA) is 37.0 Å². The molecule has 6 heteroatoms. The van der Waals surface area contributed by atoms with Crippen molar-refractivity contribution in [3.63, 3.8) is 0 Å². The maximum atomic E-state index is 13.0. The number of nitrogens with one attached hydrogen (secondary N) is 2. The van der Waals surface area contributed by atoms with Gasteiger partial charge in [-0.15, -0.1) is 0 Å². The lowest BCUT2D eigenvalue weighted by Crippen LogP contribution is -2.30. The molecule has 0 saturated carbocycles. The molecule has 1 aromatic heterocycles. The van der Waals surface area contributed by atoms with Gasteiger partial charge in [0.05, 0.1) is 18.7 Å². The number of methoxy groups -OCH3 is 1. The van der Waals surface area contributed by atoms with Crippen LogP contribution in [0.5, 0.6) is 5.75 Å². The standard InChI is InChI=1S/C19H17F3N2O/c1-25-13-5-2-11(3-6-13)17-18-15(8-9-23-17)14-7-4-12(19(20,21)22)10-16(14)24-18/h2-7,10,17,23-24H,8-9H2,1H3. The van der Waals surface area contributed by atoms with Crippen LogP contribution in [-0.2, 0) is 12.6 Å². The van der Waals surface area contributed by atoms with Crippen LogP contribution in [0.15, 0.2) is 42.5 Å². The lowest BCUT2D eigenvalue weighted by Gasteiger charge is -2.25. The molecule has 130 valence electrons. The van der Waals surface area contributed by atoms with E-state index >= 15 is 0 Å². The monoisotopic (exact) mass is 346 g/mol. The maximum absolute atomic E-state index is 13.0. The summed E-state index contributed by atoms with van der Waals surface area (Å²) in [5.41, 5.74) is 2.97. The second-order valence-corrected chi connectivity index (χ2v) is 6.19. The summed E-state index contributed by atoms with van der Waals surface area (Å²) in [5, 5.41) is 4.30. The molecule has 2 heterocycles. The zero-order valence-electron chi connectivity index (χ0n) is 13.6. The van der Waals surface area contributed by atoms with Crippen LogP contribution in [0.2, 0.25) is 0 Å². The predicted molar refractivity (Wildman–Crippen MR) is 89.8 cm³/mol. The Morgan fingerprint density at radius 1 is 1.08 bits per heavy atom. The summed E-state index contributed by atoms with van der Waals surface area (Å²) in [7, 11) is 1.61. The van der Waals surface area contributed by atoms with Crippen LogP contribution in [0.3, 0.4) is 0 Å². The molecule has 0 amide bonds. The van der Waals surface area contributed by atoms with Gasteiger partial charge in [-0.05, 0) is 41.8 Å². The number of rotatable bonds is 2. The Bertz CT molecular complexity index is 913. The molecule has 1 aliphatic rings. The lowest BCUT2D eigenvalue weighted by atomic mass is 9.94. The van der Waals surface area contributed by atoms with Crippen molar-refractivity contribution in [3.8, 4) is 5.75 Å². The van der Waals surface area contributed by atoms with Crippen LogP contribution in [0.4, 0.5) is 13.2 Å². The molecule has 0 saturated heterocycles. The van der Waals surface area contributed by atoms with Gasteiger partial charge in [-0.25, -0.2) is 0 Å². The van der Waals surface area contributed by atoms with Gasteiger partial charge in [-0.1, -0.05) is 18.2 Å². The highest BCUT2D eigenvalue weighted by Crippen LogP contribution is 2.37. The number of aromatic nitrogens is 1. The van der Waals surface area contributed by atoms with Crippen molar-refractivity contribution in [1.82, 2.24) is 10.3 Å². The highest BCUT2D eigenvalue weighted by Gasteiger charge is 2.32. The van der Waals surface area contributed by atoms with Crippen LogP contribution in [0.1, 0.15) is 28.4 Å². The molecule has 4 rings (SSSR count). The molecule has 1 unspecified atom stereocenters. The number of benzene rings is 2. The zero-order chi connectivity index (χ0) is 17.6. The summed E-state index contributed by atoms with van der Waals surface area (Å²) in [6.45, 7) is 0.775. The van der Waals surface area contributed by atoms with Crippen molar-refractivity contribution >= 4 is 10.9 Å². The summed E-state index contributed by atoms with van der Waals surface area (Å²) in [6, 6.07) is 11.6. The van der Waals surface area contributed by atoms with Crippen LogP contribution in [-0.4, -0.2) is 18.6 Å². The fourth-order valence-corrected chi connectivity index (χ4v) is 3.49. The van der Waals surface area contributed by atoms with Gasteiger partial charge in [0.25, 0.3) is 0 Å². The SMILES string of the molecule is COc1ccc(C2NCCc3c2[nH]c2cc(C(F)(F)F)ccc32)cc1. The van der Waals surface area contributed by atoms with Crippen molar-refractivity contribution in [2.24, 2.45) is 0 Å². The van der Waals surface area contributed by atoms with Gasteiger partial charge in [0.15, 0.2) is 0 Å². The van der Waals surface area contributed by atoms with Crippen LogP contribution in [0, 0.1) is 0 Å². The summed E-state index contributed by atoms with van der Waals surface area (Å²) in [4.78, 5) is 3.21. The molecule has 0 spiro atoms. The largest absolute Gasteiger partial charge is 0.497 e. The number of H-pyrrole nitrogens is 1. The molecule has 2 N–H and O–H groups in total. The number of halogens is 3. The van der Waals surface area contributed by atoms with Gasteiger partial charge < -0.3 is 15.0 Å². The van der Waals surface area contributed by atoms with Gasteiger partial charge >= 0.3 is 6.18 Å². The van der Waals surface area contributed by atoms with Crippen molar-refractivity contribution in [2.75, 3.05) is 13.7 Å². The Morgan fingerprint density at radius 3 is 2.52 bits per heavy atom. The molecule has 1 aliphatic heterocycles. The minimum Gasteiger partial charge on any atom is -0.497 e. The molecule has 0 bridgehead atoms. The average molecular weight is 346 g/mol. The lowest BCUT2D eigenvalue weighted by molar-refractivity contribution is -0.137. The van der Waals surface area contributed by atoms with Crippen LogP contribution >= 0.6 is 0 Å². The summed E-state index contributed by atoms with van der Waals surface area (Å²) < 4.78 is 44.1. The number of ether oxygens (including phenoxy) is 1. The molecule has 0 fully saturated rings. The quantitative estimate of drug-likeness (QED) is 0.720. The Balaban J connectivity index is 1.80. The predicted octanol–water partition coefficient (Wildman–Crippen LogP) is 4.43. The van der Waals surface area contributed by atoms with Crippen LogP contribution < -0.4 is 10.1 Å². The van der Waals surface area contributed by atoms with E-state index in [1.165, 1.54) is 6.07 Å². The van der Waals surface area contributed by atoms with E-state index in [1.54, 1.807) is 13.2 Å². The third-order valence-corrected chi connectivity index (χ3v) is 4.73. The van der Waals surface area contributed by atoms with Gasteiger partial charge in [-0.2, -0.15) is 13.2 Å². The number of aromatic amines is 1. The zero-order valence-corrected chi connectivity index (χ0v) is 13.6. The molecule has 0 aliphatic carbocycles. The van der Waals surface area contributed by atoms with E-state index < -0.39 is 11.7 Å². The second kappa shape index (κ2) is 5.81. The van der Waals surface area contributed by atoms with E-state index in [1.807, 2.05) is 24.3 Å². The van der Waals surface area contributed by atoms with E-state index in [4.69, 9.17) is 4.74 Å². The molecule has 2 aromatic carbocycles. The number of hydrogen-bond acceptors (Lipinski definition) is 2. The minimum absolute atomic E-state index is 0.0728. The molecule has 1 atom stereocenters. The van der Waals surface area contributed by atoms with Gasteiger partial charge in [-0.3, -0.25) is 0 Å². The fourth-order valence-electron chi connectivity index (χ4n) is 3.49. The van der Waals surface area contributed by atoms with Crippen molar-refractivity contribution in [3.05, 3.63) is 64.8 Å². The van der Waals surface area contributed by atoms with Crippen molar-refractivity contribution in [1.29, 1.82) is 0 Å². The van der Waals surface area contributed by atoms with Crippen molar-refractivity contribution < 1.29 is 17.9 Å². The average Bonchev–Trinajstić information content (AvgIpc) is 2.99. The third-order valence-electron chi connectivity index (χ3n) is 4.73. The van der Waals surface area contributed by atoms with E-state index in [0.29, 0.717) is 5.52 Å². The normalized spacial score (nSPS) is 17.5. The highest BCUT2D eigenvalue weighted by atomic mass is 19.4. The highest BCUT2D eigenvalue weighted by molar-refractivity contribution is 5.86. The molecule has 3 nitrogen and oxygen atoms in total. The summed E-state index contributed by atoms with van der Waals surface area (Å²) >= 11 is 0. The first kappa shape index (κ1) is 16.0. The van der Waals surface area contributed by atoms with Gasteiger partial charge in [0.2, 0.25) is 0 Å². The first-order chi connectivity index (χ1) is 12.0. The first-order valence-corrected chi connectivity index (χ1v) is 8.06. The summed E-state index contributed by atoms with van der Waals surface area (Å²) in [6.07, 6.45) is -3.55. The number of fused-ring (bicyclic) bond motifs is 3. The summed E-state index contributed by atoms with van der Waals surface area (Å²) in [5.74, 6) is 0.770. The number of hydrogen-bond donors (Lipinski definition) is 2. The van der Waals surface area contributed by atoms with E-state index in [2.05, 4.69) is 10.3 Å². The Morgan fingerprint density at radius 2 is 1.84 bits per heavy atom. The van der Waals surface area contributed by atoms with E-state index in [-0.39, 0.29) is 6.04 Å². The van der Waals surface area contributed by atoms with Gasteiger partial charge in [0, 0.05) is 23.1 Å². The smallest absolute Gasteiger partial charge is 0.416 e. The molecular weight excluding hydrogens is 329 g/mol. The van der Waals surface area contributed by atoms with Crippen molar-refractivity contribution in [2.45, 2.75) is 18.6 Å². The maximum Gasteiger partial charge on any atom is 0.416 e.